The molecular weight excluding hydrogens is 348 g/mol. The van der Waals surface area contributed by atoms with Gasteiger partial charge in [-0.1, -0.05) is 0 Å². The fourth-order valence-corrected chi connectivity index (χ4v) is 2.15. The van der Waals surface area contributed by atoms with Crippen molar-refractivity contribution < 1.29 is 23.9 Å². The first-order valence-corrected chi connectivity index (χ1v) is 8.88. The molecule has 1 aromatic carbocycles. The number of rotatable bonds is 6. The first-order chi connectivity index (χ1) is 12.3. The van der Waals surface area contributed by atoms with Crippen LogP contribution in [0.3, 0.4) is 0 Å². The highest BCUT2D eigenvalue weighted by molar-refractivity contribution is 5.97. The van der Waals surface area contributed by atoms with E-state index in [9.17, 15) is 14.4 Å². The number of ether oxygens (including phenoxy) is 2. The van der Waals surface area contributed by atoms with Gasteiger partial charge in [0.1, 0.15) is 17.2 Å². The Balaban J connectivity index is 2.84. The summed E-state index contributed by atoms with van der Waals surface area (Å²) in [5.41, 5.74) is 5.17. The predicted molar refractivity (Wildman–Crippen MR) is 103 cm³/mol. The van der Waals surface area contributed by atoms with Gasteiger partial charge in [-0.25, -0.2) is 4.79 Å². The van der Waals surface area contributed by atoms with Crippen molar-refractivity contribution in [2.24, 2.45) is 0 Å². The van der Waals surface area contributed by atoms with Gasteiger partial charge in [-0.3, -0.25) is 9.59 Å². The molecule has 7 heteroatoms. The van der Waals surface area contributed by atoms with Crippen LogP contribution in [0, 0.1) is 0 Å². The van der Waals surface area contributed by atoms with E-state index in [1.807, 2.05) is 0 Å². The molecule has 0 radical (unpaired) electrons. The number of anilines is 1. The highest BCUT2D eigenvalue weighted by Crippen LogP contribution is 2.14. The first-order valence-electron chi connectivity index (χ1n) is 8.88. The number of carbonyl (C=O) groups is 3. The summed E-state index contributed by atoms with van der Waals surface area (Å²) in [5.74, 6) is -1.50. The molecule has 0 fully saturated rings. The Bertz CT molecular complexity index is 669. The third kappa shape index (κ3) is 9.08. The van der Waals surface area contributed by atoms with Crippen LogP contribution in [0.25, 0.3) is 0 Å². The number of hydrogen-bond donors (Lipinski definition) is 2. The van der Waals surface area contributed by atoms with E-state index in [1.54, 1.807) is 65.8 Å². The van der Waals surface area contributed by atoms with Crippen molar-refractivity contribution in [3.63, 3.8) is 0 Å². The van der Waals surface area contributed by atoms with Crippen LogP contribution < -0.4 is 11.1 Å². The minimum atomic E-state index is -0.971. The summed E-state index contributed by atoms with van der Waals surface area (Å²) >= 11 is 0. The molecule has 7 nitrogen and oxygen atoms in total. The lowest BCUT2D eigenvalue weighted by atomic mass is 10.1. The normalized spacial score (nSPS) is 12.8. The SMILES string of the molecule is CC(C)(C)OC(=O)CCC(NC(=O)c1ccc(N)cc1)C(=O)OC(C)(C)C. The van der Waals surface area contributed by atoms with Gasteiger partial charge in [0.25, 0.3) is 5.91 Å². The van der Waals surface area contributed by atoms with Crippen LogP contribution in [0.2, 0.25) is 0 Å². The number of benzene rings is 1. The molecule has 1 amide bonds. The maximum Gasteiger partial charge on any atom is 0.329 e. The Morgan fingerprint density at radius 2 is 1.48 bits per heavy atom. The summed E-state index contributed by atoms with van der Waals surface area (Å²) in [6.07, 6.45) is 0.0493. The Hall–Kier alpha value is -2.57. The van der Waals surface area contributed by atoms with Gasteiger partial charge in [0.2, 0.25) is 0 Å². The van der Waals surface area contributed by atoms with E-state index in [2.05, 4.69) is 5.32 Å². The fraction of sp³-hybridized carbons (Fsp3) is 0.550. The minimum absolute atomic E-state index is 0.0246. The molecule has 0 aliphatic heterocycles. The molecule has 0 heterocycles. The summed E-state index contributed by atoms with van der Waals surface area (Å²) in [7, 11) is 0. The summed E-state index contributed by atoms with van der Waals surface area (Å²) in [6, 6.07) is 5.34. The van der Waals surface area contributed by atoms with Gasteiger partial charge in [0, 0.05) is 17.7 Å². The van der Waals surface area contributed by atoms with E-state index in [1.165, 1.54) is 0 Å². The molecular formula is C20H30N2O5. The quantitative estimate of drug-likeness (QED) is 0.582. The number of esters is 2. The molecule has 3 N–H and O–H groups in total. The Morgan fingerprint density at radius 3 is 1.96 bits per heavy atom. The van der Waals surface area contributed by atoms with E-state index >= 15 is 0 Å². The molecule has 0 saturated carbocycles. The van der Waals surface area contributed by atoms with Crippen molar-refractivity contribution in [1.82, 2.24) is 5.32 Å². The molecule has 1 aromatic rings. The lowest BCUT2D eigenvalue weighted by Gasteiger charge is -2.25. The van der Waals surface area contributed by atoms with Crippen LogP contribution in [0.15, 0.2) is 24.3 Å². The predicted octanol–water partition coefficient (Wildman–Crippen LogP) is 2.83. The average Bonchev–Trinajstić information content (AvgIpc) is 2.48. The van der Waals surface area contributed by atoms with Crippen molar-refractivity contribution in [1.29, 1.82) is 0 Å². The number of nitrogens with two attached hydrogens (primary N) is 1. The van der Waals surface area contributed by atoms with Gasteiger partial charge in [-0.2, -0.15) is 0 Å². The molecule has 0 aromatic heterocycles. The summed E-state index contributed by atoms with van der Waals surface area (Å²) < 4.78 is 10.6. The number of carbonyl (C=O) groups excluding carboxylic acids is 3. The molecule has 150 valence electrons. The summed E-state index contributed by atoms with van der Waals surface area (Å²) in [5, 5.41) is 2.63. The largest absolute Gasteiger partial charge is 0.460 e. The second-order valence-electron chi connectivity index (χ2n) is 8.31. The van der Waals surface area contributed by atoms with E-state index in [0.29, 0.717) is 11.3 Å². The van der Waals surface area contributed by atoms with Gasteiger partial charge in [0.05, 0.1) is 0 Å². The Labute approximate surface area is 160 Å². The third-order valence-corrected chi connectivity index (χ3v) is 3.23. The van der Waals surface area contributed by atoms with Crippen LogP contribution in [-0.4, -0.2) is 35.1 Å². The van der Waals surface area contributed by atoms with Crippen molar-refractivity contribution in [3.05, 3.63) is 29.8 Å². The van der Waals surface area contributed by atoms with Crippen LogP contribution >= 0.6 is 0 Å². The standard InChI is InChI=1S/C20H30N2O5/c1-19(2,3)26-16(23)12-11-15(18(25)27-20(4,5)6)22-17(24)13-7-9-14(21)10-8-13/h7-10,15H,11-12,21H2,1-6H3,(H,22,24). The lowest BCUT2D eigenvalue weighted by Crippen LogP contribution is -2.44. The molecule has 27 heavy (non-hydrogen) atoms. The zero-order valence-electron chi connectivity index (χ0n) is 16.9. The molecule has 1 unspecified atom stereocenters. The zero-order chi connectivity index (χ0) is 20.8. The Morgan fingerprint density at radius 1 is 0.963 bits per heavy atom. The number of nitrogens with one attached hydrogen (secondary N) is 1. The fourth-order valence-electron chi connectivity index (χ4n) is 2.15. The van der Waals surface area contributed by atoms with Crippen molar-refractivity contribution in [2.75, 3.05) is 5.73 Å². The molecule has 1 atom stereocenters. The topological polar surface area (TPSA) is 108 Å². The monoisotopic (exact) mass is 378 g/mol. The van der Waals surface area contributed by atoms with Crippen molar-refractivity contribution in [2.45, 2.75) is 71.6 Å². The van der Waals surface area contributed by atoms with Crippen molar-refractivity contribution in [3.8, 4) is 0 Å². The number of amides is 1. The van der Waals surface area contributed by atoms with Gasteiger partial charge in [-0.05, 0) is 72.2 Å². The first kappa shape index (κ1) is 22.5. The van der Waals surface area contributed by atoms with Crippen LogP contribution in [0.4, 0.5) is 5.69 Å². The summed E-state index contributed by atoms with van der Waals surface area (Å²) in [6.45, 7) is 10.5. The Kier molecular flexibility index (Phi) is 7.39. The van der Waals surface area contributed by atoms with Gasteiger partial charge >= 0.3 is 11.9 Å². The highest BCUT2D eigenvalue weighted by atomic mass is 16.6. The summed E-state index contributed by atoms with van der Waals surface area (Å²) in [4.78, 5) is 36.9. The van der Waals surface area contributed by atoms with Crippen LogP contribution in [0.1, 0.15) is 64.7 Å². The van der Waals surface area contributed by atoms with E-state index in [0.717, 1.165) is 0 Å². The molecule has 1 rings (SSSR count). The van der Waals surface area contributed by atoms with Crippen LogP contribution in [-0.2, 0) is 19.1 Å². The molecule has 0 aliphatic rings. The number of nitrogen functional groups attached to an aromatic ring is 1. The molecule has 0 aliphatic carbocycles. The average molecular weight is 378 g/mol. The zero-order valence-corrected chi connectivity index (χ0v) is 16.9. The van der Waals surface area contributed by atoms with Gasteiger partial charge < -0.3 is 20.5 Å². The molecule has 0 bridgehead atoms. The van der Waals surface area contributed by atoms with Gasteiger partial charge in [0.15, 0.2) is 0 Å². The third-order valence-electron chi connectivity index (χ3n) is 3.23. The van der Waals surface area contributed by atoms with Gasteiger partial charge in [-0.15, -0.1) is 0 Å². The molecule has 0 spiro atoms. The van der Waals surface area contributed by atoms with E-state index in [-0.39, 0.29) is 12.8 Å². The lowest BCUT2D eigenvalue weighted by molar-refractivity contribution is -0.158. The number of hydrogen-bond acceptors (Lipinski definition) is 6. The van der Waals surface area contributed by atoms with Crippen LogP contribution in [0.5, 0.6) is 0 Å². The maximum atomic E-state index is 12.5. The minimum Gasteiger partial charge on any atom is -0.460 e. The maximum absolute atomic E-state index is 12.5. The highest BCUT2D eigenvalue weighted by Gasteiger charge is 2.28. The van der Waals surface area contributed by atoms with E-state index < -0.39 is 35.1 Å². The second kappa shape index (κ2) is 8.88. The second-order valence-corrected chi connectivity index (χ2v) is 8.31. The van der Waals surface area contributed by atoms with E-state index in [4.69, 9.17) is 15.2 Å². The molecule has 0 saturated heterocycles. The van der Waals surface area contributed by atoms with Crippen molar-refractivity contribution >= 4 is 23.5 Å². The smallest absolute Gasteiger partial charge is 0.329 e.